The monoisotopic (exact) mass is 482 g/mol. The normalized spacial score (nSPS) is 12.6. The number of aryl methyl sites for hydroxylation is 2. The minimum atomic E-state index is 0. The second kappa shape index (κ2) is 15.8. The predicted octanol–water partition coefficient (Wildman–Crippen LogP) is 3.75. The first-order valence-corrected chi connectivity index (χ1v) is 10.1. The molecule has 7 heteroatoms. The van der Waals surface area contributed by atoms with Gasteiger partial charge in [-0.3, -0.25) is 4.99 Å². The van der Waals surface area contributed by atoms with E-state index in [0.29, 0.717) is 5.92 Å². The van der Waals surface area contributed by atoms with Gasteiger partial charge in [0, 0.05) is 37.3 Å². The number of hydrogen-bond donors (Lipinski definition) is 3. The number of hydrogen-bond acceptors (Lipinski definition) is 4. The summed E-state index contributed by atoms with van der Waals surface area (Å²) in [5.41, 5.74) is 1.12. The van der Waals surface area contributed by atoms with Gasteiger partial charge in [0.25, 0.3) is 0 Å². The summed E-state index contributed by atoms with van der Waals surface area (Å²) in [5.74, 6) is 1.37. The van der Waals surface area contributed by atoms with Crippen LogP contribution in [0.15, 0.2) is 10.4 Å². The molecule has 0 aliphatic carbocycles. The highest BCUT2D eigenvalue weighted by molar-refractivity contribution is 14.0. The number of nitrogens with zero attached hydrogens (tertiary/aromatic N) is 2. The van der Waals surface area contributed by atoms with E-state index in [1.54, 1.807) is 11.3 Å². The Bertz CT molecular complexity index is 462. The van der Waals surface area contributed by atoms with Gasteiger partial charge in [0.2, 0.25) is 0 Å². The fourth-order valence-electron chi connectivity index (χ4n) is 2.61. The molecule has 1 unspecified atom stereocenters. The van der Waals surface area contributed by atoms with E-state index >= 15 is 0 Å². The van der Waals surface area contributed by atoms with Gasteiger partial charge in [0.15, 0.2) is 5.96 Å². The smallest absolute Gasteiger partial charge is 0.191 e. The van der Waals surface area contributed by atoms with Gasteiger partial charge in [0.05, 0.1) is 5.01 Å². The van der Waals surface area contributed by atoms with E-state index in [1.807, 2.05) is 6.92 Å². The number of rotatable bonds is 12. The maximum Gasteiger partial charge on any atom is 0.191 e. The number of aliphatic hydroxyl groups excluding tert-OH is 1. The first-order chi connectivity index (χ1) is 11.7. The van der Waals surface area contributed by atoms with Crippen LogP contribution in [0.4, 0.5) is 0 Å². The van der Waals surface area contributed by atoms with Crippen LogP contribution in [0.1, 0.15) is 56.7 Å². The summed E-state index contributed by atoms with van der Waals surface area (Å²) in [5, 5.41) is 19.2. The summed E-state index contributed by atoms with van der Waals surface area (Å²) in [4.78, 5) is 9.18. The molecule has 25 heavy (non-hydrogen) atoms. The Balaban J connectivity index is 0.00000576. The molecular formula is C18H35IN4OS. The van der Waals surface area contributed by atoms with Crippen LogP contribution < -0.4 is 10.6 Å². The Morgan fingerprint density at radius 2 is 2.08 bits per heavy atom. The molecule has 1 aromatic rings. The molecule has 0 saturated heterocycles. The Hall–Kier alpha value is -0.410. The minimum Gasteiger partial charge on any atom is -0.396 e. The number of nitrogens with one attached hydrogen (secondary N) is 2. The highest BCUT2D eigenvalue weighted by Gasteiger charge is 2.07. The molecule has 1 atom stereocenters. The molecule has 146 valence electrons. The second-order valence-electron chi connectivity index (χ2n) is 6.15. The van der Waals surface area contributed by atoms with Gasteiger partial charge in [-0.25, -0.2) is 4.98 Å². The third kappa shape index (κ3) is 11.8. The number of halogens is 1. The van der Waals surface area contributed by atoms with Crippen molar-refractivity contribution in [3.8, 4) is 0 Å². The second-order valence-corrected chi connectivity index (χ2v) is 7.10. The van der Waals surface area contributed by atoms with Crippen molar-refractivity contribution in [3.05, 3.63) is 16.1 Å². The molecular weight excluding hydrogens is 447 g/mol. The molecule has 0 amide bonds. The summed E-state index contributed by atoms with van der Waals surface area (Å²) >= 11 is 1.75. The van der Waals surface area contributed by atoms with Gasteiger partial charge in [-0.15, -0.1) is 35.3 Å². The van der Waals surface area contributed by atoms with E-state index in [4.69, 9.17) is 5.11 Å². The summed E-state index contributed by atoms with van der Waals surface area (Å²) < 4.78 is 0. The number of guanidine groups is 1. The van der Waals surface area contributed by atoms with Crippen molar-refractivity contribution in [1.29, 1.82) is 0 Å². The van der Waals surface area contributed by atoms with Crippen LogP contribution in [0.3, 0.4) is 0 Å². The van der Waals surface area contributed by atoms with Gasteiger partial charge < -0.3 is 15.7 Å². The Kier molecular flexibility index (Phi) is 15.6. The Morgan fingerprint density at radius 1 is 1.28 bits per heavy atom. The molecule has 1 aromatic heterocycles. The largest absolute Gasteiger partial charge is 0.396 e. The number of aromatic nitrogens is 1. The average molecular weight is 482 g/mol. The van der Waals surface area contributed by atoms with E-state index in [9.17, 15) is 0 Å². The summed E-state index contributed by atoms with van der Waals surface area (Å²) in [6.45, 7) is 9.13. The Labute approximate surface area is 174 Å². The number of aliphatic imine (C=N–C) groups is 1. The zero-order valence-electron chi connectivity index (χ0n) is 15.9. The standard InChI is InChI=1S/C18H34N4OS.HI/c1-4-8-16(10-12-23)13-21-18(19-5-2)20-11-7-6-9-17-22-15(3)14-24-17;/h14,16,23H,4-13H2,1-3H3,(H2,19,20,21);1H. The van der Waals surface area contributed by atoms with Gasteiger partial charge in [-0.05, 0) is 51.9 Å². The van der Waals surface area contributed by atoms with Crippen molar-refractivity contribution in [1.82, 2.24) is 15.6 Å². The van der Waals surface area contributed by atoms with Crippen molar-refractivity contribution >= 4 is 41.3 Å². The lowest BCUT2D eigenvalue weighted by Gasteiger charge is -2.15. The van der Waals surface area contributed by atoms with Crippen LogP contribution in [0.25, 0.3) is 0 Å². The number of unbranched alkanes of at least 4 members (excludes halogenated alkanes) is 1. The molecule has 1 heterocycles. The van der Waals surface area contributed by atoms with E-state index in [2.05, 4.69) is 39.8 Å². The topological polar surface area (TPSA) is 69.5 Å². The molecule has 5 nitrogen and oxygen atoms in total. The molecule has 0 aliphatic heterocycles. The van der Waals surface area contributed by atoms with E-state index in [-0.39, 0.29) is 30.6 Å². The van der Waals surface area contributed by atoms with Gasteiger partial charge in [-0.1, -0.05) is 13.3 Å². The van der Waals surface area contributed by atoms with Crippen molar-refractivity contribution < 1.29 is 5.11 Å². The average Bonchev–Trinajstić information content (AvgIpc) is 2.97. The van der Waals surface area contributed by atoms with Crippen LogP contribution in [-0.2, 0) is 6.42 Å². The summed E-state index contributed by atoms with van der Waals surface area (Å²) in [7, 11) is 0. The van der Waals surface area contributed by atoms with E-state index in [0.717, 1.165) is 69.8 Å². The van der Waals surface area contributed by atoms with Crippen LogP contribution in [0.5, 0.6) is 0 Å². The van der Waals surface area contributed by atoms with Crippen molar-refractivity contribution in [2.75, 3.05) is 26.2 Å². The molecule has 0 aliphatic rings. The third-order valence-corrected chi connectivity index (χ3v) is 4.89. The summed E-state index contributed by atoms with van der Waals surface area (Å²) in [6, 6.07) is 0. The third-order valence-electron chi connectivity index (χ3n) is 3.86. The fraction of sp³-hybridized carbons (Fsp3) is 0.778. The van der Waals surface area contributed by atoms with Gasteiger partial charge in [0.1, 0.15) is 0 Å². The quantitative estimate of drug-likeness (QED) is 0.184. The maximum absolute atomic E-state index is 9.14. The van der Waals surface area contributed by atoms with Crippen molar-refractivity contribution in [3.63, 3.8) is 0 Å². The van der Waals surface area contributed by atoms with Crippen LogP contribution >= 0.6 is 35.3 Å². The molecule has 0 bridgehead atoms. The van der Waals surface area contributed by atoms with Crippen molar-refractivity contribution in [2.24, 2.45) is 10.9 Å². The number of thiazole rings is 1. The highest BCUT2D eigenvalue weighted by atomic mass is 127. The molecule has 1 rings (SSSR count). The molecule has 0 fully saturated rings. The lowest BCUT2D eigenvalue weighted by molar-refractivity contribution is 0.253. The summed E-state index contributed by atoms with van der Waals surface area (Å²) in [6.07, 6.45) is 6.41. The van der Waals surface area contributed by atoms with Gasteiger partial charge in [-0.2, -0.15) is 0 Å². The van der Waals surface area contributed by atoms with E-state index < -0.39 is 0 Å². The molecule has 0 spiro atoms. The number of aliphatic hydroxyl groups is 1. The van der Waals surface area contributed by atoms with Gasteiger partial charge >= 0.3 is 0 Å². The van der Waals surface area contributed by atoms with Crippen molar-refractivity contribution in [2.45, 2.75) is 59.3 Å². The van der Waals surface area contributed by atoms with Crippen LogP contribution in [0.2, 0.25) is 0 Å². The Morgan fingerprint density at radius 3 is 2.68 bits per heavy atom. The van der Waals surface area contributed by atoms with Crippen LogP contribution in [0, 0.1) is 12.8 Å². The zero-order valence-corrected chi connectivity index (χ0v) is 19.0. The van der Waals surface area contributed by atoms with E-state index in [1.165, 1.54) is 5.01 Å². The fourth-order valence-corrected chi connectivity index (χ4v) is 3.42. The lowest BCUT2D eigenvalue weighted by atomic mass is 10.0. The maximum atomic E-state index is 9.14. The van der Waals surface area contributed by atoms with Crippen LogP contribution in [-0.4, -0.2) is 42.3 Å². The minimum absolute atomic E-state index is 0. The molecule has 0 radical (unpaired) electrons. The first-order valence-electron chi connectivity index (χ1n) is 9.23. The lowest BCUT2D eigenvalue weighted by Crippen LogP contribution is -2.38. The molecule has 3 N–H and O–H groups in total. The first kappa shape index (κ1) is 24.6. The SMILES string of the molecule is CCCC(CCO)CN=C(NCC)NCCCCc1nc(C)cs1.I. The highest BCUT2D eigenvalue weighted by Crippen LogP contribution is 2.12. The molecule has 0 saturated carbocycles. The molecule has 0 aromatic carbocycles. The zero-order chi connectivity index (χ0) is 17.6. The predicted molar refractivity (Wildman–Crippen MR) is 119 cm³/mol.